The summed E-state index contributed by atoms with van der Waals surface area (Å²) in [7, 11) is 0. The number of carbonyl (C=O) groups excluding carboxylic acids is 3. The number of imide groups is 1. The molecule has 1 aromatic carbocycles. The molecular weight excluding hydrogens is 242 g/mol. The van der Waals surface area contributed by atoms with Gasteiger partial charge in [0.2, 0.25) is 11.8 Å². The van der Waals surface area contributed by atoms with Gasteiger partial charge in [-0.15, -0.1) is 0 Å². The molecule has 1 aliphatic heterocycles. The smallest absolute Gasteiger partial charge is 0.233 e. The van der Waals surface area contributed by atoms with Gasteiger partial charge < -0.3 is 0 Å². The third kappa shape index (κ3) is 2.07. The molecule has 1 aromatic rings. The van der Waals surface area contributed by atoms with Crippen molar-refractivity contribution in [2.75, 3.05) is 0 Å². The number of ketones is 1. The van der Waals surface area contributed by atoms with Crippen LogP contribution in [0.15, 0.2) is 30.3 Å². The van der Waals surface area contributed by atoms with Crippen molar-refractivity contribution >= 4 is 17.6 Å². The number of likely N-dealkylation sites (tertiary alicyclic amines) is 1. The van der Waals surface area contributed by atoms with Crippen molar-refractivity contribution in [2.24, 2.45) is 11.8 Å². The Kier molecular flexibility index (Phi) is 2.93. The molecule has 0 aromatic heterocycles. The molecule has 19 heavy (non-hydrogen) atoms. The summed E-state index contributed by atoms with van der Waals surface area (Å²) in [5.74, 6) is -0.853. The molecule has 4 heteroatoms. The van der Waals surface area contributed by atoms with Crippen molar-refractivity contribution in [1.29, 1.82) is 0 Å². The van der Waals surface area contributed by atoms with E-state index in [0.29, 0.717) is 19.4 Å². The number of carbonyl (C=O) groups is 3. The molecule has 2 amide bonds. The molecule has 1 saturated carbocycles. The summed E-state index contributed by atoms with van der Waals surface area (Å²) in [5.41, 5.74) is 0.939. The summed E-state index contributed by atoms with van der Waals surface area (Å²) in [6.07, 6.45) is 1.19. The Hall–Kier alpha value is -1.97. The van der Waals surface area contributed by atoms with Crippen molar-refractivity contribution in [3.63, 3.8) is 0 Å². The van der Waals surface area contributed by atoms with Gasteiger partial charge in [-0.25, -0.2) is 0 Å². The molecule has 1 heterocycles. The van der Waals surface area contributed by atoms with Crippen LogP contribution >= 0.6 is 0 Å². The molecular formula is C15H15NO3. The third-order valence-electron chi connectivity index (χ3n) is 4.02. The first kappa shape index (κ1) is 12.1. The molecule has 1 saturated heterocycles. The van der Waals surface area contributed by atoms with Crippen molar-refractivity contribution in [3.8, 4) is 0 Å². The average Bonchev–Trinajstić information content (AvgIpc) is 2.65. The van der Waals surface area contributed by atoms with Gasteiger partial charge in [0.1, 0.15) is 5.78 Å². The van der Waals surface area contributed by atoms with E-state index in [1.807, 2.05) is 30.3 Å². The van der Waals surface area contributed by atoms with Crippen LogP contribution < -0.4 is 0 Å². The monoisotopic (exact) mass is 257 g/mol. The number of hydrogen-bond donors (Lipinski definition) is 0. The maximum Gasteiger partial charge on any atom is 0.233 e. The maximum atomic E-state index is 12.3. The quantitative estimate of drug-likeness (QED) is 0.755. The number of fused-ring (bicyclic) bond motifs is 1. The first-order valence-corrected chi connectivity index (χ1v) is 6.57. The van der Waals surface area contributed by atoms with E-state index >= 15 is 0 Å². The third-order valence-corrected chi connectivity index (χ3v) is 4.02. The number of rotatable bonds is 2. The number of Topliss-reactive ketones (excluding diaryl/α,β-unsaturated/α-hetero) is 1. The lowest BCUT2D eigenvalue weighted by Gasteiger charge is -2.18. The van der Waals surface area contributed by atoms with Gasteiger partial charge >= 0.3 is 0 Å². The normalized spacial score (nSPS) is 26.7. The zero-order chi connectivity index (χ0) is 13.4. The van der Waals surface area contributed by atoms with E-state index in [2.05, 4.69) is 0 Å². The van der Waals surface area contributed by atoms with E-state index in [1.165, 1.54) is 4.90 Å². The molecule has 2 atom stereocenters. The van der Waals surface area contributed by atoms with Crippen LogP contribution in [0.25, 0.3) is 0 Å². The molecule has 1 aliphatic carbocycles. The Bertz CT molecular complexity index is 538. The van der Waals surface area contributed by atoms with E-state index in [0.717, 1.165) is 5.56 Å². The lowest BCUT2D eigenvalue weighted by atomic mass is 9.80. The Labute approximate surface area is 111 Å². The second kappa shape index (κ2) is 4.61. The van der Waals surface area contributed by atoms with Crippen LogP contribution in [0.3, 0.4) is 0 Å². The molecule has 4 nitrogen and oxygen atoms in total. The molecule has 0 radical (unpaired) electrons. The van der Waals surface area contributed by atoms with Crippen molar-refractivity contribution < 1.29 is 14.4 Å². The Balaban J connectivity index is 1.81. The van der Waals surface area contributed by atoms with Crippen molar-refractivity contribution in [1.82, 2.24) is 4.90 Å². The zero-order valence-electron chi connectivity index (χ0n) is 10.5. The largest absolute Gasteiger partial charge is 0.300 e. The molecule has 3 rings (SSSR count). The number of nitrogens with zero attached hydrogens (tertiary/aromatic N) is 1. The topological polar surface area (TPSA) is 54.5 Å². The lowest BCUT2D eigenvalue weighted by molar-refractivity contribution is -0.140. The molecule has 98 valence electrons. The van der Waals surface area contributed by atoms with Gasteiger partial charge in [0, 0.05) is 12.8 Å². The van der Waals surface area contributed by atoms with Crippen LogP contribution in [-0.2, 0) is 20.9 Å². The molecule has 0 N–H and O–H groups in total. The fraction of sp³-hybridized carbons (Fsp3) is 0.400. The molecule has 0 unspecified atom stereocenters. The van der Waals surface area contributed by atoms with Gasteiger partial charge in [0.25, 0.3) is 0 Å². The van der Waals surface area contributed by atoms with E-state index in [1.54, 1.807) is 0 Å². The van der Waals surface area contributed by atoms with Gasteiger partial charge in [-0.3, -0.25) is 19.3 Å². The molecule has 2 fully saturated rings. The van der Waals surface area contributed by atoms with E-state index in [4.69, 9.17) is 0 Å². The van der Waals surface area contributed by atoms with Crippen LogP contribution in [0.1, 0.15) is 24.8 Å². The zero-order valence-corrected chi connectivity index (χ0v) is 10.5. The van der Waals surface area contributed by atoms with Gasteiger partial charge in [0.15, 0.2) is 0 Å². The SMILES string of the molecule is O=C1CC[C@@H]2C(=O)N(Cc3ccccc3)C(=O)[C@H]2C1. The molecule has 0 bridgehead atoms. The summed E-state index contributed by atoms with van der Waals surface area (Å²) in [6.45, 7) is 0.319. The predicted molar refractivity (Wildman–Crippen MR) is 67.8 cm³/mol. The van der Waals surface area contributed by atoms with Gasteiger partial charge in [-0.05, 0) is 12.0 Å². The Morgan fingerprint density at radius 2 is 1.68 bits per heavy atom. The second-order valence-electron chi connectivity index (χ2n) is 5.24. The van der Waals surface area contributed by atoms with Crippen LogP contribution in [-0.4, -0.2) is 22.5 Å². The minimum atomic E-state index is -0.405. The highest BCUT2D eigenvalue weighted by molar-refractivity contribution is 6.07. The van der Waals surface area contributed by atoms with Gasteiger partial charge in [0.05, 0.1) is 18.4 Å². The number of benzene rings is 1. The van der Waals surface area contributed by atoms with Crippen LogP contribution in [0.2, 0.25) is 0 Å². The van der Waals surface area contributed by atoms with E-state index in [-0.39, 0.29) is 29.9 Å². The summed E-state index contributed by atoms with van der Waals surface area (Å²) in [6, 6.07) is 9.46. The van der Waals surface area contributed by atoms with Gasteiger partial charge in [-0.1, -0.05) is 30.3 Å². The van der Waals surface area contributed by atoms with Crippen molar-refractivity contribution in [3.05, 3.63) is 35.9 Å². The summed E-state index contributed by atoms with van der Waals surface area (Å²) >= 11 is 0. The highest BCUT2D eigenvalue weighted by atomic mass is 16.2. The first-order chi connectivity index (χ1) is 9.16. The minimum Gasteiger partial charge on any atom is -0.300 e. The van der Waals surface area contributed by atoms with E-state index in [9.17, 15) is 14.4 Å². The predicted octanol–water partition coefficient (Wildman–Crippen LogP) is 1.54. The Morgan fingerprint density at radius 1 is 1.00 bits per heavy atom. The molecule has 0 spiro atoms. The highest BCUT2D eigenvalue weighted by Crippen LogP contribution is 2.37. The fourth-order valence-corrected chi connectivity index (χ4v) is 2.99. The summed E-state index contributed by atoms with van der Waals surface area (Å²) in [4.78, 5) is 37.3. The van der Waals surface area contributed by atoms with Gasteiger partial charge in [-0.2, -0.15) is 0 Å². The summed E-state index contributed by atoms with van der Waals surface area (Å²) in [5, 5.41) is 0. The van der Waals surface area contributed by atoms with Crippen LogP contribution in [0.5, 0.6) is 0 Å². The fourth-order valence-electron chi connectivity index (χ4n) is 2.99. The average molecular weight is 257 g/mol. The van der Waals surface area contributed by atoms with Crippen LogP contribution in [0, 0.1) is 11.8 Å². The second-order valence-corrected chi connectivity index (χ2v) is 5.24. The number of amides is 2. The van der Waals surface area contributed by atoms with Crippen LogP contribution in [0.4, 0.5) is 0 Å². The lowest BCUT2D eigenvalue weighted by Crippen LogP contribution is -2.30. The van der Waals surface area contributed by atoms with Crippen molar-refractivity contribution in [2.45, 2.75) is 25.8 Å². The maximum absolute atomic E-state index is 12.3. The molecule has 2 aliphatic rings. The minimum absolute atomic E-state index is 0.101. The summed E-state index contributed by atoms with van der Waals surface area (Å²) < 4.78 is 0. The Morgan fingerprint density at radius 3 is 2.42 bits per heavy atom. The first-order valence-electron chi connectivity index (χ1n) is 6.57. The highest BCUT2D eigenvalue weighted by Gasteiger charge is 2.49. The standard InChI is InChI=1S/C15H15NO3/c17-11-6-7-12-13(8-11)15(19)16(14(12)18)9-10-4-2-1-3-5-10/h1-5,12-13H,6-9H2/t12-,13-/m0/s1. The van der Waals surface area contributed by atoms with E-state index < -0.39 is 5.92 Å². The number of hydrogen-bond acceptors (Lipinski definition) is 3.